The highest BCUT2D eigenvalue weighted by molar-refractivity contribution is 6.47. The number of hydrogen-bond acceptors (Lipinski definition) is 4. The van der Waals surface area contributed by atoms with E-state index in [1.54, 1.807) is 24.1 Å². The first-order valence-corrected chi connectivity index (χ1v) is 9.52. The summed E-state index contributed by atoms with van der Waals surface area (Å²) in [5, 5.41) is 2.86. The Bertz CT molecular complexity index is 918. The van der Waals surface area contributed by atoms with Crippen LogP contribution in [0.5, 0.6) is 5.75 Å². The quantitative estimate of drug-likeness (QED) is 0.870. The lowest BCUT2D eigenvalue weighted by Gasteiger charge is -2.32. The molecule has 0 bridgehead atoms. The van der Waals surface area contributed by atoms with Crippen LogP contribution in [-0.2, 0) is 9.59 Å². The maximum absolute atomic E-state index is 13.2. The Labute approximate surface area is 164 Å². The van der Waals surface area contributed by atoms with Gasteiger partial charge in [0.2, 0.25) is 5.91 Å². The van der Waals surface area contributed by atoms with Crippen LogP contribution in [0.2, 0.25) is 0 Å². The monoisotopic (exact) mass is 377 g/mol. The Kier molecular flexibility index (Phi) is 4.86. The topological polar surface area (TPSA) is 71.0 Å². The average Bonchev–Trinajstić information content (AvgIpc) is 3.29. The van der Waals surface area contributed by atoms with Crippen LogP contribution in [0.1, 0.15) is 31.2 Å². The molecule has 6 heteroatoms. The molecule has 2 aromatic rings. The Morgan fingerprint density at radius 3 is 2.61 bits per heavy atom. The molecule has 1 saturated carbocycles. The largest absolute Gasteiger partial charge is 0.497 e. The number of carbonyl (C=O) groups excluding carboxylic acids is 2. The number of rotatable bonds is 5. The van der Waals surface area contributed by atoms with Crippen molar-refractivity contribution in [1.82, 2.24) is 4.90 Å². The number of anilines is 1. The molecule has 0 saturated heterocycles. The Morgan fingerprint density at radius 2 is 1.89 bits per heavy atom. The number of carbonyl (C=O) groups is 2. The lowest BCUT2D eigenvalue weighted by atomic mass is 10.1. The molecule has 0 radical (unpaired) electrons. The Balaban J connectivity index is 1.55. The summed E-state index contributed by atoms with van der Waals surface area (Å²) in [6, 6.07) is 16.6. The molecule has 1 heterocycles. The average molecular weight is 377 g/mol. The molecule has 0 unspecified atom stereocenters. The van der Waals surface area contributed by atoms with Gasteiger partial charge in [-0.15, -0.1) is 0 Å². The standard InChI is InChI=1S/C22H23N3O3/c1-28-18-11-7-10-17(14-18)23-19(26)15-25-21(27)20(16-8-3-2-4-9-16)24-22(25)12-5-6-13-22/h2-4,7-11,14H,5-6,12-13,15H2,1H3,(H,23,26). The van der Waals surface area contributed by atoms with E-state index in [-0.39, 0.29) is 18.4 Å². The van der Waals surface area contributed by atoms with Gasteiger partial charge in [-0.3, -0.25) is 14.6 Å². The van der Waals surface area contributed by atoms with Crippen molar-refractivity contribution in [2.75, 3.05) is 19.0 Å². The third-order valence-corrected chi connectivity index (χ3v) is 5.38. The van der Waals surface area contributed by atoms with E-state index in [9.17, 15) is 9.59 Å². The zero-order valence-corrected chi connectivity index (χ0v) is 15.9. The highest BCUT2D eigenvalue weighted by atomic mass is 16.5. The Hall–Kier alpha value is -3.15. The van der Waals surface area contributed by atoms with E-state index < -0.39 is 5.66 Å². The highest BCUT2D eigenvalue weighted by Gasteiger charge is 2.49. The molecule has 1 aliphatic carbocycles. The number of nitrogens with one attached hydrogen (secondary N) is 1. The summed E-state index contributed by atoms with van der Waals surface area (Å²) < 4.78 is 5.19. The SMILES string of the molecule is COc1cccc(NC(=O)CN2C(=O)C(c3ccccc3)=NC23CCCC3)c1. The van der Waals surface area contributed by atoms with Gasteiger partial charge < -0.3 is 15.0 Å². The number of nitrogens with zero attached hydrogens (tertiary/aromatic N) is 2. The summed E-state index contributed by atoms with van der Waals surface area (Å²) in [7, 11) is 1.58. The van der Waals surface area contributed by atoms with Gasteiger partial charge in [-0.1, -0.05) is 36.4 Å². The van der Waals surface area contributed by atoms with Crippen molar-refractivity contribution in [2.24, 2.45) is 4.99 Å². The number of methoxy groups -OCH3 is 1. The Morgan fingerprint density at radius 1 is 1.14 bits per heavy atom. The molecule has 4 rings (SSSR count). The lowest BCUT2D eigenvalue weighted by Crippen LogP contribution is -2.48. The van der Waals surface area contributed by atoms with E-state index in [0.717, 1.165) is 31.2 Å². The minimum Gasteiger partial charge on any atom is -0.497 e. The van der Waals surface area contributed by atoms with Crippen LogP contribution in [-0.4, -0.2) is 41.7 Å². The fourth-order valence-corrected chi connectivity index (χ4v) is 4.00. The molecule has 1 aliphatic heterocycles. The number of hydrogen-bond donors (Lipinski definition) is 1. The molecular formula is C22H23N3O3. The smallest absolute Gasteiger partial charge is 0.275 e. The number of benzene rings is 2. The second kappa shape index (κ2) is 7.46. The molecule has 1 spiro atoms. The molecule has 0 atom stereocenters. The zero-order valence-electron chi connectivity index (χ0n) is 15.9. The van der Waals surface area contributed by atoms with Gasteiger partial charge in [0.1, 0.15) is 23.7 Å². The zero-order chi connectivity index (χ0) is 19.6. The van der Waals surface area contributed by atoms with E-state index in [1.807, 2.05) is 42.5 Å². The first-order chi connectivity index (χ1) is 13.6. The van der Waals surface area contributed by atoms with Crippen molar-refractivity contribution in [1.29, 1.82) is 0 Å². The van der Waals surface area contributed by atoms with Gasteiger partial charge in [-0.2, -0.15) is 0 Å². The summed E-state index contributed by atoms with van der Waals surface area (Å²) in [6.45, 7) is -0.0180. The minimum atomic E-state index is -0.589. The van der Waals surface area contributed by atoms with E-state index in [1.165, 1.54) is 0 Å². The van der Waals surface area contributed by atoms with Gasteiger partial charge in [0.05, 0.1) is 7.11 Å². The number of amides is 2. The van der Waals surface area contributed by atoms with Gasteiger partial charge in [-0.25, -0.2) is 0 Å². The molecular weight excluding hydrogens is 354 g/mol. The third-order valence-electron chi connectivity index (χ3n) is 5.38. The van der Waals surface area contributed by atoms with Crippen molar-refractivity contribution in [3.63, 3.8) is 0 Å². The van der Waals surface area contributed by atoms with E-state index in [4.69, 9.17) is 9.73 Å². The predicted molar refractivity (Wildman–Crippen MR) is 108 cm³/mol. The number of aliphatic imine (C=N–C) groups is 1. The molecule has 6 nitrogen and oxygen atoms in total. The van der Waals surface area contributed by atoms with Crippen LogP contribution in [0.3, 0.4) is 0 Å². The summed E-state index contributed by atoms with van der Waals surface area (Å²) in [4.78, 5) is 32.3. The van der Waals surface area contributed by atoms with Crippen LogP contribution in [0.4, 0.5) is 5.69 Å². The van der Waals surface area contributed by atoms with Crippen molar-refractivity contribution >= 4 is 23.2 Å². The maximum Gasteiger partial charge on any atom is 0.275 e. The van der Waals surface area contributed by atoms with E-state index in [0.29, 0.717) is 17.1 Å². The molecule has 144 valence electrons. The van der Waals surface area contributed by atoms with Gasteiger partial charge >= 0.3 is 0 Å². The first kappa shape index (κ1) is 18.2. The van der Waals surface area contributed by atoms with Crippen LogP contribution >= 0.6 is 0 Å². The first-order valence-electron chi connectivity index (χ1n) is 9.52. The molecule has 1 fully saturated rings. The van der Waals surface area contributed by atoms with E-state index >= 15 is 0 Å². The second-order valence-corrected chi connectivity index (χ2v) is 7.19. The number of ether oxygens (including phenoxy) is 1. The fraction of sp³-hybridized carbons (Fsp3) is 0.318. The normalized spacial score (nSPS) is 17.7. The van der Waals surface area contributed by atoms with Crippen molar-refractivity contribution in [3.05, 3.63) is 60.2 Å². The van der Waals surface area contributed by atoms with Gasteiger partial charge in [0.15, 0.2) is 0 Å². The van der Waals surface area contributed by atoms with Crippen molar-refractivity contribution in [3.8, 4) is 5.75 Å². The molecule has 28 heavy (non-hydrogen) atoms. The summed E-state index contributed by atoms with van der Waals surface area (Å²) in [5.74, 6) is 0.253. The van der Waals surface area contributed by atoms with Gasteiger partial charge in [-0.05, 0) is 37.8 Å². The van der Waals surface area contributed by atoms with Gasteiger partial charge in [0.25, 0.3) is 5.91 Å². The van der Waals surface area contributed by atoms with Crippen LogP contribution in [0.25, 0.3) is 0 Å². The summed E-state index contributed by atoms with van der Waals surface area (Å²) >= 11 is 0. The van der Waals surface area contributed by atoms with Gasteiger partial charge in [0, 0.05) is 17.3 Å². The maximum atomic E-state index is 13.2. The minimum absolute atomic E-state index is 0.0180. The fourth-order valence-electron chi connectivity index (χ4n) is 4.00. The van der Waals surface area contributed by atoms with Crippen molar-refractivity contribution in [2.45, 2.75) is 31.3 Å². The van der Waals surface area contributed by atoms with Crippen molar-refractivity contribution < 1.29 is 14.3 Å². The summed E-state index contributed by atoms with van der Waals surface area (Å²) in [5.41, 5.74) is 1.31. The molecule has 2 aromatic carbocycles. The molecule has 2 aliphatic rings. The predicted octanol–water partition coefficient (Wildman–Crippen LogP) is 3.24. The summed E-state index contributed by atoms with van der Waals surface area (Å²) in [6.07, 6.45) is 3.60. The molecule has 1 N–H and O–H groups in total. The van der Waals surface area contributed by atoms with Crippen LogP contribution in [0.15, 0.2) is 59.6 Å². The van der Waals surface area contributed by atoms with Crippen LogP contribution < -0.4 is 10.1 Å². The molecule has 2 amide bonds. The third kappa shape index (κ3) is 3.38. The highest BCUT2D eigenvalue weighted by Crippen LogP contribution is 2.40. The lowest BCUT2D eigenvalue weighted by molar-refractivity contribution is -0.132. The second-order valence-electron chi connectivity index (χ2n) is 7.19. The molecule has 0 aromatic heterocycles. The van der Waals surface area contributed by atoms with Crippen LogP contribution in [0, 0.1) is 0 Å². The van der Waals surface area contributed by atoms with E-state index in [2.05, 4.69) is 5.32 Å².